The molecule has 1 aliphatic heterocycles. The highest BCUT2D eigenvalue weighted by Crippen LogP contribution is 2.42. The summed E-state index contributed by atoms with van der Waals surface area (Å²) in [5, 5.41) is 1.12. The Morgan fingerprint density at radius 3 is 2.64 bits per heavy atom. The molecule has 2 fully saturated rings. The van der Waals surface area contributed by atoms with Crippen LogP contribution in [-0.2, 0) is 4.74 Å². The minimum absolute atomic E-state index is 0.329. The lowest BCUT2D eigenvalue weighted by atomic mass is 9.83. The smallest absolute Gasteiger partial charge is 0.0687 e. The van der Waals surface area contributed by atoms with Gasteiger partial charge in [0.15, 0.2) is 0 Å². The van der Waals surface area contributed by atoms with Crippen LogP contribution in [0.1, 0.15) is 57.8 Å². The molecule has 0 N–H and O–H groups in total. The predicted octanol–water partition coefficient (Wildman–Crippen LogP) is 4.04. The van der Waals surface area contributed by atoms with Gasteiger partial charge in [-0.2, -0.15) is 0 Å². The van der Waals surface area contributed by atoms with E-state index >= 15 is 0 Å². The van der Waals surface area contributed by atoms with Crippen LogP contribution in [0, 0.1) is 0 Å². The van der Waals surface area contributed by atoms with Crippen molar-refractivity contribution >= 4 is 15.9 Å². The molecule has 1 saturated carbocycles. The van der Waals surface area contributed by atoms with E-state index in [4.69, 9.17) is 4.74 Å². The van der Waals surface area contributed by atoms with Gasteiger partial charge in [-0.05, 0) is 38.5 Å². The van der Waals surface area contributed by atoms with Crippen molar-refractivity contribution in [1.29, 1.82) is 0 Å². The van der Waals surface area contributed by atoms with Crippen LogP contribution in [0.25, 0.3) is 0 Å². The van der Waals surface area contributed by atoms with Crippen LogP contribution >= 0.6 is 15.9 Å². The molecule has 0 radical (unpaired) electrons. The summed E-state index contributed by atoms with van der Waals surface area (Å²) in [6.07, 6.45) is 12.6. The Morgan fingerprint density at radius 1 is 1.14 bits per heavy atom. The van der Waals surface area contributed by atoms with Crippen molar-refractivity contribution in [2.45, 2.75) is 69.5 Å². The number of ether oxygens (including phenoxy) is 1. The van der Waals surface area contributed by atoms with Crippen molar-refractivity contribution in [3.05, 3.63) is 0 Å². The first kappa shape index (κ1) is 10.9. The number of rotatable bonds is 3. The highest BCUT2D eigenvalue weighted by molar-refractivity contribution is 9.09. The summed E-state index contributed by atoms with van der Waals surface area (Å²) in [4.78, 5) is 0. The molecule has 1 unspecified atom stereocenters. The standard InChI is InChI=1S/C12H21BrO/c13-10-4-5-11-6-9-12(14-11)7-2-1-3-8-12/h11H,1-10H2. The minimum atomic E-state index is 0.329. The van der Waals surface area contributed by atoms with Gasteiger partial charge in [0.2, 0.25) is 0 Å². The fourth-order valence-corrected chi connectivity index (χ4v) is 3.29. The van der Waals surface area contributed by atoms with E-state index in [1.807, 2.05) is 0 Å². The summed E-state index contributed by atoms with van der Waals surface area (Å²) < 4.78 is 6.27. The summed E-state index contributed by atoms with van der Waals surface area (Å²) in [7, 11) is 0. The zero-order valence-corrected chi connectivity index (χ0v) is 10.5. The molecular weight excluding hydrogens is 240 g/mol. The third-order valence-corrected chi connectivity index (χ3v) is 4.32. The monoisotopic (exact) mass is 260 g/mol. The van der Waals surface area contributed by atoms with E-state index in [9.17, 15) is 0 Å². The fraction of sp³-hybridized carbons (Fsp3) is 1.00. The molecule has 0 aromatic rings. The van der Waals surface area contributed by atoms with E-state index in [2.05, 4.69) is 15.9 Å². The zero-order valence-electron chi connectivity index (χ0n) is 8.93. The molecule has 1 spiro atoms. The molecular formula is C12H21BrO. The number of hydrogen-bond donors (Lipinski definition) is 0. The predicted molar refractivity (Wildman–Crippen MR) is 63.0 cm³/mol. The van der Waals surface area contributed by atoms with Crippen molar-refractivity contribution in [3.63, 3.8) is 0 Å². The molecule has 1 saturated heterocycles. The molecule has 0 aromatic carbocycles. The average molecular weight is 261 g/mol. The maximum Gasteiger partial charge on any atom is 0.0687 e. The second kappa shape index (κ2) is 4.98. The first-order valence-electron chi connectivity index (χ1n) is 6.08. The molecule has 1 aliphatic carbocycles. The van der Waals surface area contributed by atoms with E-state index in [-0.39, 0.29) is 0 Å². The largest absolute Gasteiger partial charge is 0.372 e. The fourth-order valence-electron chi connectivity index (χ4n) is 2.97. The average Bonchev–Trinajstić information content (AvgIpc) is 2.60. The van der Waals surface area contributed by atoms with Crippen LogP contribution < -0.4 is 0 Å². The van der Waals surface area contributed by atoms with E-state index in [1.54, 1.807) is 0 Å². The van der Waals surface area contributed by atoms with Crippen molar-refractivity contribution in [2.24, 2.45) is 0 Å². The third kappa shape index (κ3) is 2.52. The Morgan fingerprint density at radius 2 is 1.93 bits per heavy atom. The number of halogens is 1. The van der Waals surface area contributed by atoms with Gasteiger partial charge in [-0.15, -0.1) is 0 Å². The molecule has 1 heterocycles. The van der Waals surface area contributed by atoms with E-state index in [1.165, 1.54) is 57.8 Å². The minimum Gasteiger partial charge on any atom is -0.372 e. The van der Waals surface area contributed by atoms with E-state index < -0.39 is 0 Å². The normalized spacial score (nSPS) is 31.1. The first-order chi connectivity index (χ1) is 6.85. The molecule has 0 amide bonds. The maximum absolute atomic E-state index is 6.27. The van der Waals surface area contributed by atoms with Gasteiger partial charge in [-0.25, -0.2) is 0 Å². The van der Waals surface area contributed by atoms with Crippen molar-refractivity contribution in [2.75, 3.05) is 5.33 Å². The van der Waals surface area contributed by atoms with Gasteiger partial charge in [-0.1, -0.05) is 35.2 Å². The van der Waals surface area contributed by atoms with Gasteiger partial charge in [0.25, 0.3) is 0 Å². The van der Waals surface area contributed by atoms with E-state index in [0.29, 0.717) is 11.7 Å². The van der Waals surface area contributed by atoms with Gasteiger partial charge >= 0.3 is 0 Å². The molecule has 1 atom stereocenters. The Kier molecular flexibility index (Phi) is 3.89. The molecule has 0 aromatic heterocycles. The third-order valence-electron chi connectivity index (χ3n) is 3.76. The van der Waals surface area contributed by atoms with Crippen LogP contribution in [0.2, 0.25) is 0 Å². The Labute approximate surface area is 95.7 Å². The molecule has 2 heteroatoms. The van der Waals surface area contributed by atoms with Gasteiger partial charge in [0, 0.05) is 5.33 Å². The Balaban J connectivity index is 1.80. The second-order valence-corrected chi connectivity index (χ2v) is 5.65. The zero-order chi connectivity index (χ0) is 9.86. The van der Waals surface area contributed by atoms with Crippen LogP contribution in [0.5, 0.6) is 0 Å². The molecule has 2 aliphatic rings. The van der Waals surface area contributed by atoms with Gasteiger partial charge in [-0.3, -0.25) is 0 Å². The number of hydrogen-bond acceptors (Lipinski definition) is 1. The molecule has 0 bridgehead atoms. The van der Waals surface area contributed by atoms with Crippen molar-refractivity contribution in [3.8, 4) is 0 Å². The maximum atomic E-state index is 6.27. The highest BCUT2D eigenvalue weighted by Gasteiger charge is 2.40. The van der Waals surface area contributed by atoms with Crippen LogP contribution in [0.3, 0.4) is 0 Å². The highest BCUT2D eigenvalue weighted by atomic mass is 79.9. The summed E-state index contributed by atoms with van der Waals surface area (Å²) in [6.45, 7) is 0. The molecule has 2 rings (SSSR count). The summed E-state index contributed by atoms with van der Waals surface area (Å²) in [5.41, 5.74) is 0.329. The van der Waals surface area contributed by atoms with Gasteiger partial charge in [0.1, 0.15) is 0 Å². The summed E-state index contributed by atoms with van der Waals surface area (Å²) >= 11 is 3.49. The van der Waals surface area contributed by atoms with Crippen molar-refractivity contribution < 1.29 is 4.74 Å². The quantitative estimate of drug-likeness (QED) is 0.696. The van der Waals surface area contributed by atoms with Crippen molar-refractivity contribution in [1.82, 2.24) is 0 Å². The lowest BCUT2D eigenvalue weighted by molar-refractivity contribution is -0.0655. The topological polar surface area (TPSA) is 9.23 Å². The Hall–Kier alpha value is 0.440. The van der Waals surface area contributed by atoms with Crippen LogP contribution in [0.4, 0.5) is 0 Å². The van der Waals surface area contributed by atoms with Gasteiger partial charge in [0.05, 0.1) is 11.7 Å². The molecule has 82 valence electrons. The summed E-state index contributed by atoms with van der Waals surface area (Å²) in [5.74, 6) is 0. The lowest BCUT2D eigenvalue weighted by Crippen LogP contribution is -2.31. The van der Waals surface area contributed by atoms with Gasteiger partial charge < -0.3 is 4.74 Å². The Bertz CT molecular complexity index is 175. The molecule has 1 nitrogen and oxygen atoms in total. The van der Waals surface area contributed by atoms with Crippen LogP contribution in [-0.4, -0.2) is 17.0 Å². The number of alkyl halides is 1. The van der Waals surface area contributed by atoms with E-state index in [0.717, 1.165) is 5.33 Å². The lowest BCUT2D eigenvalue weighted by Gasteiger charge is -2.33. The summed E-state index contributed by atoms with van der Waals surface area (Å²) in [6, 6.07) is 0. The first-order valence-corrected chi connectivity index (χ1v) is 7.21. The van der Waals surface area contributed by atoms with Crippen LogP contribution in [0.15, 0.2) is 0 Å². The molecule has 14 heavy (non-hydrogen) atoms. The SMILES string of the molecule is BrCCCC1CCC2(CCCCC2)O1. The second-order valence-electron chi connectivity index (χ2n) is 4.85.